The van der Waals surface area contributed by atoms with Crippen molar-refractivity contribution in [3.05, 3.63) is 66.2 Å². The molecule has 0 aliphatic carbocycles. The topological polar surface area (TPSA) is 20.3 Å². The molecule has 0 radical (unpaired) electrons. The number of anilines is 1. The van der Waals surface area contributed by atoms with E-state index in [1.165, 1.54) is 16.7 Å². The minimum absolute atomic E-state index is 0.0693. The number of hydrogen-bond donors (Lipinski definition) is 0. The summed E-state index contributed by atoms with van der Waals surface area (Å²) in [6.45, 7) is 2.88. The number of carbonyl (C=O) groups excluding carboxylic acids is 1. The first-order valence-corrected chi connectivity index (χ1v) is 6.90. The summed E-state index contributed by atoms with van der Waals surface area (Å²) >= 11 is 0. The van der Waals surface area contributed by atoms with Gasteiger partial charge < -0.3 is 4.90 Å². The molecule has 0 bridgehead atoms. The number of benzene rings is 2. The van der Waals surface area contributed by atoms with Gasteiger partial charge in [-0.2, -0.15) is 0 Å². The lowest BCUT2D eigenvalue weighted by molar-refractivity contribution is -0.114. The largest absolute Gasteiger partial charge is 0.309 e. The Balaban J connectivity index is 1.90. The molecule has 0 N–H and O–H groups in total. The Morgan fingerprint density at radius 2 is 1.75 bits per heavy atom. The average Bonchev–Trinajstić information content (AvgIpc) is 2.49. The van der Waals surface area contributed by atoms with Crippen molar-refractivity contribution in [2.75, 3.05) is 11.4 Å². The molecule has 2 heteroatoms. The van der Waals surface area contributed by atoms with Crippen molar-refractivity contribution in [2.45, 2.75) is 13.3 Å². The van der Waals surface area contributed by atoms with E-state index in [0.717, 1.165) is 18.7 Å². The van der Waals surface area contributed by atoms with E-state index in [9.17, 15) is 4.79 Å². The monoisotopic (exact) mass is 263 g/mol. The predicted molar refractivity (Wildman–Crippen MR) is 82.7 cm³/mol. The van der Waals surface area contributed by atoms with Crippen LogP contribution in [0.2, 0.25) is 0 Å². The highest BCUT2D eigenvalue weighted by Crippen LogP contribution is 2.26. The quantitative estimate of drug-likeness (QED) is 0.803. The number of carbonyl (C=O) groups is 1. The van der Waals surface area contributed by atoms with Gasteiger partial charge in [-0.25, -0.2) is 0 Å². The standard InChI is InChI=1S/C18H17NO/c1-14-6-2-3-7-17(14)15-9-11-16(12-10-15)19-13-5-4-8-18(19)20/h2-4,6-12H,5,13H2,1H3. The van der Waals surface area contributed by atoms with Crippen molar-refractivity contribution < 1.29 is 4.79 Å². The second-order valence-electron chi connectivity index (χ2n) is 5.04. The van der Waals surface area contributed by atoms with E-state index in [2.05, 4.69) is 37.3 Å². The molecule has 2 nitrogen and oxygen atoms in total. The summed E-state index contributed by atoms with van der Waals surface area (Å²) in [5, 5.41) is 0. The minimum atomic E-state index is 0.0693. The van der Waals surface area contributed by atoms with E-state index in [1.807, 2.05) is 29.2 Å². The highest BCUT2D eigenvalue weighted by molar-refractivity contribution is 6.02. The Kier molecular flexibility index (Phi) is 3.38. The molecule has 2 aromatic rings. The Labute approximate surface area is 119 Å². The van der Waals surface area contributed by atoms with Crippen molar-refractivity contribution in [1.82, 2.24) is 0 Å². The highest BCUT2D eigenvalue weighted by Gasteiger charge is 2.15. The summed E-state index contributed by atoms with van der Waals surface area (Å²) in [6, 6.07) is 16.6. The molecule has 0 unspecified atom stereocenters. The van der Waals surface area contributed by atoms with Crippen molar-refractivity contribution >= 4 is 11.6 Å². The molecular formula is C18H17NO. The number of hydrogen-bond acceptors (Lipinski definition) is 1. The van der Waals surface area contributed by atoms with Gasteiger partial charge in [0.25, 0.3) is 5.91 Å². The molecule has 1 heterocycles. The lowest BCUT2D eigenvalue weighted by atomic mass is 10.0. The van der Waals surface area contributed by atoms with Gasteiger partial charge in [0.05, 0.1) is 0 Å². The maximum Gasteiger partial charge on any atom is 0.250 e. The Morgan fingerprint density at radius 3 is 2.45 bits per heavy atom. The number of nitrogens with zero attached hydrogens (tertiary/aromatic N) is 1. The van der Waals surface area contributed by atoms with E-state index in [0.29, 0.717) is 0 Å². The van der Waals surface area contributed by atoms with E-state index in [1.54, 1.807) is 6.08 Å². The van der Waals surface area contributed by atoms with Crippen LogP contribution in [0, 0.1) is 6.92 Å². The zero-order valence-corrected chi connectivity index (χ0v) is 11.5. The number of amides is 1. The molecule has 100 valence electrons. The van der Waals surface area contributed by atoms with Crippen LogP contribution in [0.3, 0.4) is 0 Å². The van der Waals surface area contributed by atoms with Crippen LogP contribution in [0.5, 0.6) is 0 Å². The summed E-state index contributed by atoms with van der Waals surface area (Å²) in [5.74, 6) is 0.0693. The second kappa shape index (κ2) is 5.33. The molecule has 1 amide bonds. The van der Waals surface area contributed by atoms with Crippen LogP contribution in [0.15, 0.2) is 60.7 Å². The maximum atomic E-state index is 11.8. The molecule has 3 rings (SSSR count). The van der Waals surface area contributed by atoms with E-state index in [-0.39, 0.29) is 5.91 Å². The summed E-state index contributed by atoms with van der Waals surface area (Å²) < 4.78 is 0. The summed E-state index contributed by atoms with van der Waals surface area (Å²) in [6.07, 6.45) is 4.50. The van der Waals surface area contributed by atoms with Gasteiger partial charge in [0.1, 0.15) is 0 Å². The smallest absolute Gasteiger partial charge is 0.250 e. The predicted octanol–water partition coefficient (Wildman–Crippen LogP) is 3.95. The molecule has 1 aliphatic rings. The van der Waals surface area contributed by atoms with Gasteiger partial charge in [-0.05, 0) is 48.2 Å². The minimum Gasteiger partial charge on any atom is -0.309 e. The first-order chi connectivity index (χ1) is 9.75. The van der Waals surface area contributed by atoms with Crippen LogP contribution < -0.4 is 4.90 Å². The van der Waals surface area contributed by atoms with Crippen molar-refractivity contribution in [3.8, 4) is 11.1 Å². The van der Waals surface area contributed by atoms with Crippen molar-refractivity contribution in [2.24, 2.45) is 0 Å². The summed E-state index contributed by atoms with van der Waals surface area (Å²) in [4.78, 5) is 13.7. The lowest BCUT2D eigenvalue weighted by Gasteiger charge is -2.23. The van der Waals surface area contributed by atoms with Crippen molar-refractivity contribution in [1.29, 1.82) is 0 Å². The van der Waals surface area contributed by atoms with Gasteiger partial charge in [-0.3, -0.25) is 4.79 Å². The average molecular weight is 263 g/mol. The van der Waals surface area contributed by atoms with E-state index < -0.39 is 0 Å². The fraction of sp³-hybridized carbons (Fsp3) is 0.167. The van der Waals surface area contributed by atoms with Crippen LogP contribution in [-0.4, -0.2) is 12.5 Å². The van der Waals surface area contributed by atoms with Crippen LogP contribution in [0.1, 0.15) is 12.0 Å². The van der Waals surface area contributed by atoms with Gasteiger partial charge in [-0.1, -0.05) is 42.5 Å². The third-order valence-corrected chi connectivity index (χ3v) is 3.68. The molecule has 0 atom stereocenters. The fourth-order valence-electron chi connectivity index (χ4n) is 2.56. The van der Waals surface area contributed by atoms with E-state index in [4.69, 9.17) is 0 Å². The molecule has 0 saturated carbocycles. The number of rotatable bonds is 2. The number of aryl methyl sites for hydroxylation is 1. The van der Waals surface area contributed by atoms with E-state index >= 15 is 0 Å². The third kappa shape index (κ3) is 2.37. The summed E-state index contributed by atoms with van der Waals surface area (Å²) in [5.41, 5.74) is 4.66. The third-order valence-electron chi connectivity index (χ3n) is 3.68. The molecular weight excluding hydrogens is 246 g/mol. The van der Waals surface area contributed by atoms with Gasteiger partial charge in [-0.15, -0.1) is 0 Å². The Morgan fingerprint density at radius 1 is 1.00 bits per heavy atom. The zero-order valence-electron chi connectivity index (χ0n) is 11.5. The Bertz CT molecular complexity index is 655. The lowest BCUT2D eigenvalue weighted by Crippen LogP contribution is -2.32. The highest BCUT2D eigenvalue weighted by atomic mass is 16.2. The molecule has 0 saturated heterocycles. The van der Waals surface area contributed by atoms with Crippen LogP contribution in [0.4, 0.5) is 5.69 Å². The van der Waals surface area contributed by atoms with Crippen LogP contribution in [-0.2, 0) is 4.79 Å². The second-order valence-corrected chi connectivity index (χ2v) is 5.04. The van der Waals surface area contributed by atoms with Gasteiger partial charge in [0, 0.05) is 12.2 Å². The van der Waals surface area contributed by atoms with Crippen LogP contribution >= 0.6 is 0 Å². The normalized spacial score (nSPS) is 14.7. The summed E-state index contributed by atoms with van der Waals surface area (Å²) in [7, 11) is 0. The Hall–Kier alpha value is -2.35. The zero-order chi connectivity index (χ0) is 13.9. The maximum absolute atomic E-state index is 11.8. The molecule has 0 fully saturated rings. The van der Waals surface area contributed by atoms with Gasteiger partial charge in [0.2, 0.25) is 0 Å². The molecule has 1 aliphatic heterocycles. The SMILES string of the molecule is Cc1ccccc1-c1ccc(N2CCC=CC2=O)cc1. The molecule has 0 spiro atoms. The fourth-order valence-corrected chi connectivity index (χ4v) is 2.56. The van der Waals surface area contributed by atoms with Crippen LogP contribution in [0.25, 0.3) is 11.1 Å². The first kappa shape index (κ1) is 12.7. The first-order valence-electron chi connectivity index (χ1n) is 6.90. The van der Waals surface area contributed by atoms with Gasteiger partial charge in [0.15, 0.2) is 0 Å². The molecule has 20 heavy (non-hydrogen) atoms. The van der Waals surface area contributed by atoms with Crippen molar-refractivity contribution in [3.63, 3.8) is 0 Å². The molecule has 0 aromatic heterocycles. The van der Waals surface area contributed by atoms with Gasteiger partial charge >= 0.3 is 0 Å². The molecule has 2 aromatic carbocycles.